The number of nitrogens with one attached hydrogen (secondary N) is 1. The van der Waals surface area contributed by atoms with Gasteiger partial charge in [0.1, 0.15) is 0 Å². The Kier molecular flexibility index (Phi) is 4.08. The highest BCUT2D eigenvalue weighted by atomic mass is 16.2. The van der Waals surface area contributed by atoms with Crippen LogP contribution in [0.1, 0.15) is 18.2 Å². The Morgan fingerprint density at radius 2 is 1.70 bits per heavy atom. The summed E-state index contributed by atoms with van der Waals surface area (Å²) in [6, 6.07) is 9.60. The molecule has 5 heteroatoms. The molecular weight excluding hydrogens is 254 g/mol. The Labute approximate surface area is 117 Å². The third-order valence-electron chi connectivity index (χ3n) is 3.46. The molecule has 0 saturated carbocycles. The largest absolute Gasteiger partial charge is 0.379 e. The molecule has 0 aliphatic heterocycles. The second-order valence-electron chi connectivity index (χ2n) is 4.78. The molecule has 0 unspecified atom stereocenters. The van der Waals surface area contributed by atoms with E-state index < -0.39 is 0 Å². The van der Waals surface area contributed by atoms with Gasteiger partial charge in [-0.3, -0.25) is 13.9 Å². The molecule has 106 valence electrons. The summed E-state index contributed by atoms with van der Waals surface area (Å²) >= 11 is 0. The van der Waals surface area contributed by atoms with Crippen LogP contribution < -0.4 is 16.6 Å². The first-order chi connectivity index (χ1) is 9.52. The van der Waals surface area contributed by atoms with Crippen molar-refractivity contribution < 1.29 is 0 Å². The summed E-state index contributed by atoms with van der Waals surface area (Å²) in [5.41, 5.74) is 2.31. The monoisotopic (exact) mass is 273 g/mol. The van der Waals surface area contributed by atoms with E-state index >= 15 is 0 Å². The molecule has 2 aromatic rings. The molecule has 1 N–H and O–H groups in total. The van der Waals surface area contributed by atoms with Crippen molar-refractivity contribution in [3.05, 3.63) is 62.4 Å². The summed E-state index contributed by atoms with van der Waals surface area (Å²) in [7, 11) is 3.14. The first-order valence-corrected chi connectivity index (χ1v) is 6.61. The number of anilines is 1. The van der Waals surface area contributed by atoms with Crippen LogP contribution in [0.3, 0.4) is 0 Å². The average molecular weight is 273 g/mol. The molecule has 0 aliphatic rings. The molecule has 2 rings (SSSR count). The molecule has 20 heavy (non-hydrogen) atoms. The Morgan fingerprint density at radius 3 is 2.30 bits per heavy atom. The van der Waals surface area contributed by atoms with Crippen molar-refractivity contribution in [2.45, 2.75) is 19.9 Å². The second-order valence-corrected chi connectivity index (χ2v) is 4.78. The topological polar surface area (TPSA) is 56.0 Å². The Bertz CT molecular complexity index is 711. The van der Waals surface area contributed by atoms with Gasteiger partial charge in [-0.05, 0) is 24.1 Å². The normalized spacial score (nSPS) is 10.6. The van der Waals surface area contributed by atoms with Crippen LogP contribution in [0.4, 0.5) is 5.69 Å². The fourth-order valence-corrected chi connectivity index (χ4v) is 2.00. The van der Waals surface area contributed by atoms with E-state index in [1.165, 1.54) is 23.2 Å². The maximum atomic E-state index is 11.8. The highest BCUT2D eigenvalue weighted by Crippen LogP contribution is 2.10. The van der Waals surface area contributed by atoms with E-state index in [2.05, 4.69) is 24.4 Å². The van der Waals surface area contributed by atoms with Crippen molar-refractivity contribution in [3.8, 4) is 0 Å². The van der Waals surface area contributed by atoms with E-state index in [0.717, 1.165) is 16.7 Å². The summed E-state index contributed by atoms with van der Waals surface area (Å²) in [4.78, 5) is 23.4. The molecule has 5 nitrogen and oxygen atoms in total. The average Bonchev–Trinajstić information content (AvgIpc) is 2.48. The van der Waals surface area contributed by atoms with E-state index in [0.29, 0.717) is 12.2 Å². The van der Waals surface area contributed by atoms with Gasteiger partial charge in [0.2, 0.25) is 0 Å². The number of rotatable bonds is 4. The van der Waals surface area contributed by atoms with Crippen LogP contribution in [0.5, 0.6) is 0 Å². The van der Waals surface area contributed by atoms with Crippen LogP contribution >= 0.6 is 0 Å². The van der Waals surface area contributed by atoms with Gasteiger partial charge in [0, 0.05) is 31.5 Å². The first kappa shape index (κ1) is 14.1. The molecule has 1 heterocycles. The van der Waals surface area contributed by atoms with E-state index in [4.69, 9.17) is 0 Å². The fraction of sp³-hybridized carbons (Fsp3) is 0.333. The van der Waals surface area contributed by atoms with Crippen LogP contribution in [0.15, 0.2) is 39.9 Å². The lowest BCUT2D eigenvalue weighted by atomic mass is 10.1. The lowest BCUT2D eigenvalue weighted by molar-refractivity contribution is 0.655. The number of hydrogen-bond acceptors (Lipinski definition) is 3. The molecule has 0 bridgehead atoms. The number of hydrogen-bond donors (Lipinski definition) is 1. The van der Waals surface area contributed by atoms with Crippen LogP contribution in [0.2, 0.25) is 0 Å². The van der Waals surface area contributed by atoms with Gasteiger partial charge in [-0.1, -0.05) is 19.1 Å². The third kappa shape index (κ3) is 2.82. The minimum atomic E-state index is -0.310. The Balaban J connectivity index is 2.18. The standard InChI is InChI=1S/C15H19N3O2/c1-4-11-5-7-12(8-6-11)16-10-13-9-14(19)18(3)15(20)17(13)2/h5-9,16H,4,10H2,1-3H3. The summed E-state index contributed by atoms with van der Waals surface area (Å²) in [5, 5.41) is 3.22. The van der Waals surface area contributed by atoms with Gasteiger partial charge >= 0.3 is 5.69 Å². The van der Waals surface area contributed by atoms with E-state index in [1.54, 1.807) is 7.05 Å². The molecular formula is C15H19N3O2. The molecule has 0 saturated heterocycles. The second kappa shape index (κ2) is 5.77. The lowest BCUT2D eigenvalue weighted by Crippen LogP contribution is -2.38. The molecule has 0 amide bonds. The van der Waals surface area contributed by atoms with Crippen LogP contribution in [-0.2, 0) is 27.1 Å². The van der Waals surface area contributed by atoms with Crippen molar-refractivity contribution in [1.29, 1.82) is 0 Å². The summed E-state index contributed by atoms with van der Waals surface area (Å²) in [6.07, 6.45) is 1.00. The minimum absolute atomic E-state index is 0.286. The number of aryl methyl sites for hydroxylation is 1. The van der Waals surface area contributed by atoms with Crippen molar-refractivity contribution >= 4 is 5.69 Å². The zero-order valence-electron chi connectivity index (χ0n) is 12.0. The quantitative estimate of drug-likeness (QED) is 0.912. The van der Waals surface area contributed by atoms with Crippen LogP contribution in [0.25, 0.3) is 0 Å². The summed E-state index contributed by atoms with van der Waals surface area (Å²) < 4.78 is 2.58. The lowest BCUT2D eigenvalue weighted by Gasteiger charge is -2.11. The predicted molar refractivity (Wildman–Crippen MR) is 80.1 cm³/mol. The maximum Gasteiger partial charge on any atom is 0.330 e. The molecule has 0 fully saturated rings. The minimum Gasteiger partial charge on any atom is -0.379 e. The number of benzene rings is 1. The molecule has 1 aromatic heterocycles. The molecule has 0 spiro atoms. The molecule has 0 radical (unpaired) electrons. The van der Waals surface area contributed by atoms with Gasteiger partial charge in [-0.25, -0.2) is 4.79 Å². The molecule has 0 aliphatic carbocycles. The first-order valence-electron chi connectivity index (χ1n) is 6.61. The van der Waals surface area contributed by atoms with Crippen molar-refractivity contribution in [2.75, 3.05) is 5.32 Å². The fourth-order valence-electron chi connectivity index (χ4n) is 2.00. The van der Waals surface area contributed by atoms with Gasteiger partial charge in [0.15, 0.2) is 0 Å². The van der Waals surface area contributed by atoms with Gasteiger partial charge in [-0.2, -0.15) is 0 Å². The number of nitrogens with zero attached hydrogens (tertiary/aromatic N) is 2. The van der Waals surface area contributed by atoms with Gasteiger partial charge < -0.3 is 5.32 Å². The molecule has 0 atom stereocenters. The Morgan fingerprint density at radius 1 is 1.05 bits per heavy atom. The Hall–Kier alpha value is -2.30. The highest BCUT2D eigenvalue weighted by Gasteiger charge is 2.05. The highest BCUT2D eigenvalue weighted by molar-refractivity contribution is 5.44. The van der Waals surface area contributed by atoms with Gasteiger partial charge in [-0.15, -0.1) is 0 Å². The maximum absolute atomic E-state index is 11.8. The third-order valence-corrected chi connectivity index (χ3v) is 3.46. The van der Waals surface area contributed by atoms with E-state index in [-0.39, 0.29) is 11.2 Å². The zero-order valence-corrected chi connectivity index (χ0v) is 12.0. The van der Waals surface area contributed by atoms with Crippen LogP contribution in [0, 0.1) is 0 Å². The van der Waals surface area contributed by atoms with E-state index in [1.807, 2.05) is 12.1 Å². The number of aromatic nitrogens is 2. The summed E-state index contributed by atoms with van der Waals surface area (Å²) in [5.74, 6) is 0. The van der Waals surface area contributed by atoms with Crippen molar-refractivity contribution in [3.63, 3.8) is 0 Å². The summed E-state index contributed by atoms with van der Waals surface area (Å²) in [6.45, 7) is 2.55. The molecule has 1 aromatic carbocycles. The van der Waals surface area contributed by atoms with Crippen molar-refractivity contribution in [2.24, 2.45) is 14.1 Å². The van der Waals surface area contributed by atoms with E-state index in [9.17, 15) is 9.59 Å². The SMILES string of the molecule is CCc1ccc(NCc2cc(=O)n(C)c(=O)n2C)cc1. The van der Waals surface area contributed by atoms with Crippen molar-refractivity contribution in [1.82, 2.24) is 9.13 Å². The predicted octanol–water partition coefficient (Wildman–Crippen LogP) is 1.26. The van der Waals surface area contributed by atoms with Gasteiger partial charge in [0.25, 0.3) is 5.56 Å². The van der Waals surface area contributed by atoms with Gasteiger partial charge in [0.05, 0.1) is 6.54 Å². The smallest absolute Gasteiger partial charge is 0.330 e. The zero-order chi connectivity index (χ0) is 14.7. The van der Waals surface area contributed by atoms with Crippen LogP contribution in [-0.4, -0.2) is 9.13 Å².